The lowest BCUT2D eigenvalue weighted by molar-refractivity contribution is -0.384. The van der Waals surface area contributed by atoms with Gasteiger partial charge in [-0.05, 0) is 56.4 Å². The molecule has 1 aromatic carbocycles. The van der Waals surface area contributed by atoms with Gasteiger partial charge in [0.25, 0.3) is 11.6 Å². The molecule has 0 atom stereocenters. The average molecular weight is 560 g/mol. The van der Waals surface area contributed by atoms with E-state index in [9.17, 15) is 25.0 Å². The fourth-order valence-corrected chi connectivity index (χ4v) is 5.73. The number of thiophene rings is 1. The van der Waals surface area contributed by atoms with Crippen LogP contribution in [0.5, 0.6) is 0 Å². The molecule has 9 nitrogen and oxygen atoms in total. The molecule has 0 bridgehead atoms. The molecule has 0 aliphatic heterocycles. The Kier molecular flexibility index (Phi) is 7.97. The van der Waals surface area contributed by atoms with Gasteiger partial charge in [-0.3, -0.25) is 14.9 Å². The third kappa shape index (κ3) is 5.54. The van der Waals surface area contributed by atoms with Crippen molar-refractivity contribution < 1.29 is 23.7 Å². The molecule has 1 N–H and O–H groups in total. The molecule has 1 amide bonds. The number of hydrogen-bond donors (Lipinski definition) is 1. The van der Waals surface area contributed by atoms with E-state index in [0.29, 0.717) is 16.1 Å². The summed E-state index contributed by atoms with van der Waals surface area (Å²) in [4.78, 5) is 37.1. The average Bonchev–Trinajstić information content (AvgIpc) is 3.47. The van der Waals surface area contributed by atoms with Crippen LogP contribution in [0.2, 0.25) is 10.0 Å². The van der Waals surface area contributed by atoms with Gasteiger partial charge in [0.2, 0.25) is 0 Å². The zero-order chi connectivity index (χ0) is 26.7. The number of carbonyl (C=O) groups is 2. The smallest absolute Gasteiger partial charge is 0.341 e. The lowest BCUT2D eigenvalue weighted by Crippen LogP contribution is -2.16. The molecule has 4 rings (SSSR count). The van der Waals surface area contributed by atoms with Crippen molar-refractivity contribution in [1.29, 1.82) is 5.26 Å². The van der Waals surface area contributed by atoms with Crippen molar-refractivity contribution in [3.8, 4) is 17.4 Å². The summed E-state index contributed by atoms with van der Waals surface area (Å²) in [6.45, 7) is 1.91. The first-order chi connectivity index (χ1) is 17.7. The number of nitro groups is 1. The predicted octanol–water partition coefficient (Wildman–Crippen LogP) is 6.82. The number of nitriles is 1. The number of ether oxygens (including phenoxy) is 1. The van der Waals surface area contributed by atoms with Crippen molar-refractivity contribution in [2.24, 2.45) is 0 Å². The molecular weight excluding hydrogens is 541 g/mol. The molecule has 0 unspecified atom stereocenters. The molecule has 2 aromatic heterocycles. The van der Waals surface area contributed by atoms with Gasteiger partial charge in [0.15, 0.2) is 0 Å². The maximum Gasteiger partial charge on any atom is 0.341 e. The van der Waals surface area contributed by atoms with Crippen molar-refractivity contribution in [3.63, 3.8) is 0 Å². The fraction of sp³-hybridized carbons (Fsp3) is 0.240. The minimum Gasteiger partial charge on any atom is -0.462 e. The second kappa shape index (κ2) is 11.2. The third-order valence-electron chi connectivity index (χ3n) is 5.66. The Morgan fingerprint density at radius 2 is 2.03 bits per heavy atom. The molecule has 0 radical (unpaired) electrons. The van der Waals surface area contributed by atoms with E-state index in [0.717, 1.165) is 42.2 Å². The highest BCUT2D eigenvalue weighted by Gasteiger charge is 2.28. The van der Waals surface area contributed by atoms with E-state index >= 15 is 0 Å². The summed E-state index contributed by atoms with van der Waals surface area (Å²) in [7, 11) is 0. The van der Waals surface area contributed by atoms with E-state index in [1.807, 2.05) is 6.07 Å². The molecular formula is C25H19Cl2N3O6S. The molecule has 0 spiro atoms. The van der Waals surface area contributed by atoms with Crippen molar-refractivity contribution in [1.82, 2.24) is 0 Å². The summed E-state index contributed by atoms with van der Waals surface area (Å²) in [5, 5.41) is 23.7. The number of carbonyl (C=O) groups excluding carboxylic acids is 2. The van der Waals surface area contributed by atoms with E-state index < -0.39 is 16.8 Å². The maximum absolute atomic E-state index is 13.0. The number of anilines is 1. The summed E-state index contributed by atoms with van der Waals surface area (Å²) < 4.78 is 10.9. The first-order valence-corrected chi connectivity index (χ1v) is 12.8. The van der Waals surface area contributed by atoms with Crippen LogP contribution in [-0.4, -0.2) is 23.4 Å². The zero-order valence-electron chi connectivity index (χ0n) is 19.4. The minimum atomic E-state index is -0.707. The molecule has 37 heavy (non-hydrogen) atoms. The van der Waals surface area contributed by atoms with Gasteiger partial charge in [-0.2, -0.15) is 5.26 Å². The number of rotatable bonds is 7. The second-order valence-electron chi connectivity index (χ2n) is 8.00. The summed E-state index contributed by atoms with van der Waals surface area (Å²) in [5.41, 5.74) is 0.944. The van der Waals surface area contributed by atoms with Crippen LogP contribution in [-0.2, 0) is 22.4 Å². The predicted molar refractivity (Wildman–Crippen MR) is 140 cm³/mol. The van der Waals surface area contributed by atoms with Crippen molar-refractivity contribution in [2.45, 2.75) is 32.6 Å². The topological polar surface area (TPSA) is 135 Å². The van der Waals surface area contributed by atoms with Crippen LogP contribution in [0.1, 0.15) is 46.3 Å². The molecule has 190 valence electrons. The van der Waals surface area contributed by atoms with Gasteiger partial charge in [0.05, 0.1) is 22.1 Å². The highest BCUT2D eigenvalue weighted by Crippen LogP contribution is 2.39. The summed E-state index contributed by atoms with van der Waals surface area (Å²) >= 11 is 13.5. The molecule has 3 aromatic rings. The number of fused-ring (bicyclic) bond motifs is 1. The van der Waals surface area contributed by atoms with E-state index in [-0.39, 0.29) is 39.4 Å². The van der Waals surface area contributed by atoms with Gasteiger partial charge >= 0.3 is 5.97 Å². The van der Waals surface area contributed by atoms with Crippen molar-refractivity contribution in [2.75, 3.05) is 11.9 Å². The minimum absolute atomic E-state index is 0.0485. The van der Waals surface area contributed by atoms with Crippen LogP contribution in [0.25, 0.3) is 17.4 Å². The molecule has 0 saturated heterocycles. The third-order valence-corrected chi connectivity index (χ3v) is 7.48. The molecule has 1 aliphatic rings. The number of esters is 1. The number of nitrogens with one attached hydrogen (secondary N) is 1. The van der Waals surface area contributed by atoms with Gasteiger partial charge in [0, 0.05) is 22.6 Å². The van der Waals surface area contributed by atoms with Gasteiger partial charge < -0.3 is 14.5 Å². The van der Waals surface area contributed by atoms with E-state index in [2.05, 4.69) is 5.32 Å². The molecule has 12 heteroatoms. The SMILES string of the molecule is CCOC(=O)c1c(NC(=O)/C(C#N)=C/c2ccc(-c3cc(Cl)c([N+](=O)[O-])cc3Cl)o2)sc2c1CCCC2. The van der Waals surface area contributed by atoms with Gasteiger partial charge in [0.1, 0.15) is 33.2 Å². The number of benzene rings is 1. The van der Waals surface area contributed by atoms with E-state index in [4.69, 9.17) is 32.4 Å². The van der Waals surface area contributed by atoms with Crippen molar-refractivity contribution in [3.05, 3.63) is 71.8 Å². The van der Waals surface area contributed by atoms with Crippen LogP contribution in [0, 0.1) is 21.4 Å². The number of hydrogen-bond acceptors (Lipinski definition) is 8. The maximum atomic E-state index is 13.0. The summed E-state index contributed by atoms with van der Waals surface area (Å²) in [5.74, 6) is -0.806. The van der Waals surface area contributed by atoms with Crippen LogP contribution in [0.4, 0.5) is 10.7 Å². The highest BCUT2D eigenvalue weighted by molar-refractivity contribution is 7.17. The Hall–Kier alpha value is -3.65. The number of halogens is 2. The number of furan rings is 1. The summed E-state index contributed by atoms with van der Waals surface area (Å²) in [6, 6.07) is 7.33. The lowest BCUT2D eigenvalue weighted by atomic mass is 9.95. The Morgan fingerprint density at radius 3 is 2.73 bits per heavy atom. The van der Waals surface area contributed by atoms with Gasteiger partial charge in [-0.25, -0.2) is 4.79 Å². The molecule has 2 heterocycles. The monoisotopic (exact) mass is 559 g/mol. The van der Waals surface area contributed by atoms with Crippen LogP contribution in [0.15, 0.2) is 34.3 Å². The Labute approximate surface area is 225 Å². The highest BCUT2D eigenvalue weighted by atomic mass is 35.5. The van der Waals surface area contributed by atoms with Crippen LogP contribution < -0.4 is 5.32 Å². The largest absolute Gasteiger partial charge is 0.462 e. The first kappa shape index (κ1) is 26.4. The Balaban J connectivity index is 1.61. The van der Waals surface area contributed by atoms with Gasteiger partial charge in [-0.1, -0.05) is 23.2 Å². The quantitative estimate of drug-likeness (QED) is 0.110. The van der Waals surface area contributed by atoms with Crippen LogP contribution >= 0.6 is 34.5 Å². The number of aryl methyl sites for hydroxylation is 1. The molecule has 0 saturated carbocycles. The van der Waals surface area contributed by atoms with E-state index in [1.54, 1.807) is 6.92 Å². The fourth-order valence-electron chi connectivity index (χ4n) is 3.97. The normalized spacial score (nSPS) is 13.0. The Bertz CT molecular complexity index is 1480. The zero-order valence-corrected chi connectivity index (χ0v) is 21.8. The number of amides is 1. The van der Waals surface area contributed by atoms with Crippen LogP contribution in [0.3, 0.4) is 0 Å². The number of nitro benzene ring substituents is 1. The lowest BCUT2D eigenvalue weighted by Gasteiger charge is -2.12. The molecule has 0 fully saturated rings. The first-order valence-electron chi connectivity index (χ1n) is 11.2. The van der Waals surface area contributed by atoms with E-state index in [1.165, 1.54) is 35.6 Å². The van der Waals surface area contributed by atoms with Gasteiger partial charge in [-0.15, -0.1) is 11.3 Å². The number of nitrogens with zero attached hydrogens (tertiary/aromatic N) is 2. The standard InChI is InChI=1S/C25H19Cl2N3O6S/c1-2-35-25(32)22-15-5-3-4-6-21(15)37-24(22)29-23(31)13(12-28)9-14-7-8-20(36-14)16-10-18(27)19(30(33)34)11-17(16)26/h7-11H,2-6H2,1H3,(H,29,31)/b13-9+. The second-order valence-corrected chi connectivity index (χ2v) is 9.92. The molecule has 1 aliphatic carbocycles. The summed E-state index contributed by atoms with van der Waals surface area (Å²) in [6.07, 6.45) is 4.72. The van der Waals surface area contributed by atoms with Crippen molar-refractivity contribution >= 4 is 63.2 Å². The Morgan fingerprint density at radius 1 is 1.27 bits per heavy atom.